The minimum absolute atomic E-state index is 0.0125. The Morgan fingerprint density at radius 3 is 2.89 bits per heavy atom. The number of hydrogen-bond acceptors (Lipinski definition) is 1. The van der Waals surface area contributed by atoms with Crippen LogP contribution in [-0.2, 0) is 13.6 Å². The normalized spacial score (nSPS) is 14.6. The van der Waals surface area contributed by atoms with Gasteiger partial charge in [-0.2, -0.15) is 0 Å². The zero-order valence-corrected chi connectivity index (χ0v) is 12.4. The number of aromatic nitrogens is 2. The fraction of sp³-hybridized carbons (Fsp3) is 0.357. The quantitative estimate of drug-likeness (QED) is 0.924. The van der Waals surface area contributed by atoms with Gasteiger partial charge in [0, 0.05) is 42.7 Å². The fourth-order valence-electron chi connectivity index (χ4n) is 2.22. The van der Waals surface area contributed by atoms with Gasteiger partial charge in [0.15, 0.2) is 0 Å². The molecule has 19 heavy (non-hydrogen) atoms. The average molecular weight is 322 g/mol. The molecule has 2 aromatic heterocycles. The van der Waals surface area contributed by atoms with Crippen molar-refractivity contribution in [2.75, 3.05) is 0 Å². The second-order valence-electron chi connectivity index (χ2n) is 5.05. The van der Waals surface area contributed by atoms with Gasteiger partial charge in [-0.15, -0.1) is 0 Å². The van der Waals surface area contributed by atoms with Crippen LogP contribution in [0.2, 0.25) is 0 Å². The largest absolute Gasteiger partial charge is 0.357 e. The molecule has 100 valence electrons. The van der Waals surface area contributed by atoms with Crippen LogP contribution in [0.3, 0.4) is 0 Å². The molecule has 5 heteroatoms. The van der Waals surface area contributed by atoms with E-state index in [9.17, 15) is 4.79 Å². The van der Waals surface area contributed by atoms with Gasteiger partial charge in [-0.3, -0.25) is 4.79 Å². The first kappa shape index (κ1) is 12.5. The molecular formula is C14H16BrN3O. The predicted octanol–water partition coefficient (Wildman–Crippen LogP) is 2.85. The van der Waals surface area contributed by atoms with E-state index in [0.29, 0.717) is 12.6 Å². The van der Waals surface area contributed by atoms with E-state index >= 15 is 0 Å². The highest BCUT2D eigenvalue weighted by Gasteiger charge is 2.27. The van der Waals surface area contributed by atoms with Crippen molar-refractivity contribution in [1.82, 2.24) is 14.5 Å². The monoisotopic (exact) mass is 321 g/mol. The summed E-state index contributed by atoms with van der Waals surface area (Å²) in [6.45, 7) is 0.563. The molecular weight excluding hydrogens is 306 g/mol. The molecule has 0 saturated heterocycles. The van der Waals surface area contributed by atoms with Crippen molar-refractivity contribution in [3.63, 3.8) is 0 Å². The Bertz CT molecular complexity index is 610. The van der Waals surface area contributed by atoms with Crippen LogP contribution in [0, 0.1) is 0 Å². The van der Waals surface area contributed by atoms with Crippen molar-refractivity contribution in [1.29, 1.82) is 0 Å². The highest BCUT2D eigenvalue weighted by molar-refractivity contribution is 9.10. The van der Waals surface area contributed by atoms with E-state index in [1.54, 1.807) is 0 Å². The SMILES string of the molecule is Cn1ccc(CNC(=O)c2cc(Br)cn2C2CC2)c1. The van der Waals surface area contributed by atoms with Gasteiger partial charge in [-0.05, 0) is 46.5 Å². The highest BCUT2D eigenvalue weighted by atomic mass is 79.9. The second kappa shape index (κ2) is 4.89. The van der Waals surface area contributed by atoms with E-state index in [2.05, 4.69) is 25.8 Å². The lowest BCUT2D eigenvalue weighted by atomic mass is 10.3. The average Bonchev–Trinajstić information content (AvgIpc) is 3.03. The van der Waals surface area contributed by atoms with Crippen molar-refractivity contribution in [3.05, 3.63) is 46.5 Å². The molecule has 3 rings (SSSR count). The van der Waals surface area contributed by atoms with Gasteiger partial charge in [0.1, 0.15) is 5.69 Å². The lowest BCUT2D eigenvalue weighted by molar-refractivity contribution is 0.0941. The summed E-state index contributed by atoms with van der Waals surface area (Å²) in [4.78, 5) is 12.2. The van der Waals surface area contributed by atoms with Gasteiger partial charge < -0.3 is 14.5 Å². The van der Waals surface area contributed by atoms with E-state index in [1.165, 1.54) is 12.8 Å². The van der Waals surface area contributed by atoms with Gasteiger partial charge >= 0.3 is 0 Å². The molecule has 1 fully saturated rings. The van der Waals surface area contributed by atoms with Crippen LogP contribution in [0.25, 0.3) is 0 Å². The molecule has 2 aromatic rings. The molecule has 0 atom stereocenters. The number of halogens is 1. The first-order valence-electron chi connectivity index (χ1n) is 6.40. The summed E-state index contributed by atoms with van der Waals surface area (Å²) in [5.74, 6) is -0.0125. The topological polar surface area (TPSA) is 39.0 Å². The lowest BCUT2D eigenvalue weighted by Crippen LogP contribution is -2.25. The molecule has 0 aromatic carbocycles. The van der Waals surface area contributed by atoms with Crippen molar-refractivity contribution in [2.24, 2.45) is 7.05 Å². The van der Waals surface area contributed by atoms with Crippen LogP contribution in [-0.4, -0.2) is 15.0 Å². The van der Waals surface area contributed by atoms with Crippen molar-refractivity contribution in [3.8, 4) is 0 Å². The zero-order chi connectivity index (χ0) is 13.4. The number of nitrogens with one attached hydrogen (secondary N) is 1. The van der Waals surface area contributed by atoms with Crippen LogP contribution < -0.4 is 5.32 Å². The van der Waals surface area contributed by atoms with E-state index in [0.717, 1.165) is 15.7 Å². The van der Waals surface area contributed by atoms with Crippen molar-refractivity contribution in [2.45, 2.75) is 25.4 Å². The Morgan fingerprint density at radius 1 is 1.47 bits per heavy atom. The third-order valence-electron chi connectivity index (χ3n) is 3.33. The molecule has 0 unspecified atom stereocenters. The van der Waals surface area contributed by atoms with Gasteiger partial charge in [0.05, 0.1) is 0 Å². The first-order valence-corrected chi connectivity index (χ1v) is 7.19. The Hall–Kier alpha value is -1.49. The maximum absolute atomic E-state index is 12.2. The number of nitrogens with zero attached hydrogens (tertiary/aromatic N) is 2. The summed E-state index contributed by atoms with van der Waals surface area (Å²) in [6.07, 6.45) is 8.32. The smallest absolute Gasteiger partial charge is 0.268 e. The molecule has 1 saturated carbocycles. The summed E-state index contributed by atoms with van der Waals surface area (Å²) < 4.78 is 5.01. The van der Waals surface area contributed by atoms with Gasteiger partial charge in [0.2, 0.25) is 0 Å². The molecule has 2 heterocycles. The molecule has 1 aliphatic carbocycles. The second-order valence-corrected chi connectivity index (χ2v) is 5.97. The molecule has 0 spiro atoms. The zero-order valence-electron chi connectivity index (χ0n) is 10.8. The van der Waals surface area contributed by atoms with Crippen molar-refractivity contribution >= 4 is 21.8 Å². The number of hydrogen-bond donors (Lipinski definition) is 1. The van der Waals surface area contributed by atoms with Crippen LogP contribution in [0.4, 0.5) is 0 Å². The Kier molecular flexibility index (Phi) is 3.22. The van der Waals surface area contributed by atoms with Gasteiger partial charge in [0.25, 0.3) is 5.91 Å². The number of rotatable bonds is 4. The fourth-order valence-corrected chi connectivity index (χ4v) is 2.66. The van der Waals surface area contributed by atoms with Crippen molar-refractivity contribution < 1.29 is 4.79 Å². The number of carbonyl (C=O) groups excluding carboxylic acids is 1. The standard InChI is InChI=1S/C14H16BrN3O/c1-17-5-4-10(8-17)7-16-14(19)13-6-11(15)9-18(13)12-2-3-12/h4-6,8-9,12H,2-3,7H2,1H3,(H,16,19). The predicted molar refractivity (Wildman–Crippen MR) is 77.0 cm³/mol. The van der Waals surface area contributed by atoms with Gasteiger partial charge in [-0.25, -0.2) is 0 Å². The molecule has 0 aliphatic heterocycles. The molecule has 1 amide bonds. The number of aryl methyl sites for hydroxylation is 1. The summed E-state index contributed by atoms with van der Waals surface area (Å²) in [6, 6.07) is 4.40. The van der Waals surface area contributed by atoms with E-state index in [1.807, 2.05) is 42.3 Å². The summed E-state index contributed by atoms with van der Waals surface area (Å²) in [5.41, 5.74) is 1.85. The lowest BCUT2D eigenvalue weighted by Gasteiger charge is -2.07. The maximum atomic E-state index is 12.2. The third kappa shape index (κ3) is 2.76. The Labute approximate surface area is 120 Å². The maximum Gasteiger partial charge on any atom is 0.268 e. The number of amides is 1. The van der Waals surface area contributed by atoms with Gasteiger partial charge in [-0.1, -0.05) is 0 Å². The Morgan fingerprint density at radius 2 is 2.26 bits per heavy atom. The van der Waals surface area contributed by atoms with E-state index in [-0.39, 0.29) is 5.91 Å². The summed E-state index contributed by atoms with van der Waals surface area (Å²) in [7, 11) is 1.97. The van der Waals surface area contributed by atoms with Crippen LogP contribution >= 0.6 is 15.9 Å². The minimum atomic E-state index is -0.0125. The number of carbonyl (C=O) groups is 1. The third-order valence-corrected chi connectivity index (χ3v) is 3.77. The highest BCUT2D eigenvalue weighted by Crippen LogP contribution is 2.37. The summed E-state index contributed by atoms with van der Waals surface area (Å²) >= 11 is 3.44. The molecule has 0 radical (unpaired) electrons. The van der Waals surface area contributed by atoms with Crippen LogP contribution in [0.15, 0.2) is 35.2 Å². The molecule has 1 aliphatic rings. The molecule has 0 bridgehead atoms. The van der Waals surface area contributed by atoms with E-state index in [4.69, 9.17) is 0 Å². The van der Waals surface area contributed by atoms with Crippen LogP contribution in [0.5, 0.6) is 0 Å². The summed E-state index contributed by atoms with van der Waals surface area (Å²) in [5, 5.41) is 2.97. The Balaban J connectivity index is 1.70. The molecule has 1 N–H and O–H groups in total. The van der Waals surface area contributed by atoms with Crippen LogP contribution in [0.1, 0.15) is 34.9 Å². The minimum Gasteiger partial charge on any atom is -0.357 e. The first-order chi connectivity index (χ1) is 9.13. The van der Waals surface area contributed by atoms with E-state index < -0.39 is 0 Å². The molecule has 4 nitrogen and oxygen atoms in total.